The molecule has 3 nitrogen and oxygen atoms in total. The second kappa shape index (κ2) is 13.7. The van der Waals surface area contributed by atoms with E-state index >= 15 is 0 Å². The normalized spacial score (nSPS) is 15.5. The number of allylic oxidation sites excluding steroid dienone is 2. The Labute approximate surface area is 332 Å². The average Bonchev–Trinajstić information content (AvgIpc) is 3.86. The lowest BCUT2D eigenvalue weighted by molar-refractivity contribution is 0.258. The van der Waals surface area contributed by atoms with Gasteiger partial charge in [-0.2, -0.15) is 0 Å². The zero-order valence-corrected chi connectivity index (χ0v) is 31.1. The molecular weight excluding hydrogens is 695 g/mol. The van der Waals surface area contributed by atoms with E-state index in [4.69, 9.17) is 9.15 Å². The van der Waals surface area contributed by atoms with E-state index in [-0.39, 0.29) is 12.0 Å². The smallest absolute Gasteiger partial charge is 0.143 e. The van der Waals surface area contributed by atoms with Crippen LogP contribution in [0.15, 0.2) is 217 Å². The molecule has 1 aliphatic carbocycles. The first-order chi connectivity index (χ1) is 28.2. The molecule has 0 fully saturated rings. The van der Waals surface area contributed by atoms with Crippen LogP contribution in [-0.2, 0) is 0 Å². The van der Waals surface area contributed by atoms with Crippen LogP contribution in [0.5, 0.6) is 5.75 Å². The topological polar surface area (TPSA) is 25.6 Å². The second-order valence-electron chi connectivity index (χ2n) is 14.8. The molecule has 0 saturated carbocycles. The Hall–Kier alpha value is -7.36. The van der Waals surface area contributed by atoms with Crippen molar-refractivity contribution in [1.82, 2.24) is 0 Å². The number of hydrogen-bond acceptors (Lipinski definition) is 3. The van der Waals surface area contributed by atoms with Gasteiger partial charge < -0.3 is 14.1 Å². The molecule has 9 aromatic rings. The van der Waals surface area contributed by atoms with E-state index in [0.29, 0.717) is 0 Å². The van der Waals surface area contributed by atoms with Crippen molar-refractivity contribution in [2.24, 2.45) is 0 Å². The van der Waals surface area contributed by atoms with Crippen LogP contribution >= 0.6 is 0 Å². The summed E-state index contributed by atoms with van der Waals surface area (Å²) in [6.07, 6.45) is 6.58. The number of anilines is 3. The van der Waals surface area contributed by atoms with Crippen molar-refractivity contribution in [2.75, 3.05) is 4.90 Å². The number of fused-ring (bicyclic) bond motifs is 6. The molecule has 0 radical (unpaired) electrons. The number of ether oxygens (including phenoxy) is 1. The van der Waals surface area contributed by atoms with Crippen LogP contribution in [0.1, 0.15) is 17.0 Å². The van der Waals surface area contributed by atoms with Crippen LogP contribution in [0.3, 0.4) is 0 Å². The summed E-state index contributed by atoms with van der Waals surface area (Å²) in [6.45, 7) is 0. The van der Waals surface area contributed by atoms with Gasteiger partial charge in [-0.3, -0.25) is 0 Å². The maximum Gasteiger partial charge on any atom is 0.143 e. The van der Waals surface area contributed by atoms with E-state index in [0.717, 1.165) is 55.9 Å². The lowest BCUT2D eigenvalue weighted by Crippen LogP contribution is -2.23. The molecule has 8 aromatic carbocycles. The van der Waals surface area contributed by atoms with Crippen LogP contribution in [0.4, 0.5) is 17.1 Å². The SMILES string of the molecule is C1=CC(c2cccc(N(c3ccc(-c4ccc(-c5ccccc5)cc4)cc3)c3cccc(-c4cccc5c4oc4ccccc45)c3)c2)C2Oc3ccccc3C2=C1. The molecule has 2 unspecified atom stereocenters. The number of benzene rings is 8. The molecule has 0 amide bonds. The van der Waals surface area contributed by atoms with Crippen LogP contribution in [0.2, 0.25) is 0 Å². The number of para-hydroxylation sites is 3. The van der Waals surface area contributed by atoms with Gasteiger partial charge in [0.25, 0.3) is 0 Å². The van der Waals surface area contributed by atoms with Crippen molar-refractivity contribution >= 4 is 44.6 Å². The van der Waals surface area contributed by atoms with Crippen molar-refractivity contribution in [1.29, 1.82) is 0 Å². The quantitative estimate of drug-likeness (QED) is 0.163. The molecule has 2 heterocycles. The van der Waals surface area contributed by atoms with Gasteiger partial charge in [0.2, 0.25) is 0 Å². The highest BCUT2D eigenvalue weighted by molar-refractivity contribution is 6.09. The predicted octanol–water partition coefficient (Wildman–Crippen LogP) is 14.6. The molecule has 270 valence electrons. The van der Waals surface area contributed by atoms with Gasteiger partial charge in [-0.15, -0.1) is 0 Å². The summed E-state index contributed by atoms with van der Waals surface area (Å²) >= 11 is 0. The summed E-state index contributed by atoms with van der Waals surface area (Å²) in [6, 6.07) is 69.1. The molecule has 0 N–H and O–H groups in total. The van der Waals surface area contributed by atoms with E-state index in [1.807, 2.05) is 18.2 Å². The summed E-state index contributed by atoms with van der Waals surface area (Å²) < 4.78 is 13.1. The lowest BCUT2D eigenvalue weighted by Gasteiger charge is -2.29. The molecule has 1 aromatic heterocycles. The van der Waals surface area contributed by atoms with E-state index < -0.39 is 0 Å². The van der Waals surface area contributed by atoms with Crippen LogP contribution in [-0.4, -0.2) is 6.10 Å². The van der Waals surface area contributed by atoms with Crippen molar-refractivity contribution in [3.8, 4) is 39.1 Å². The zero-order valence-electron chi connectivity index (χ0n) is 31.1. The number of rotatable bonds is 7. The maximum absolute atomic E-state index is 6.61. The second-order valence-corrected chi connectivity index (χ2v) is 14.8. The van der Waals surface area contributed by atoms with Gasteiger partial charge in [-0.05, 0) is 81.9 Å². The minimum Gasteiger partial charge on any atom is -0.484 e. The molecule has 57 heavy (non-hydrogen) atoms. The first-order valence-corrected chi connectivity index (χ1v) is 19.6. The molecule has 3 heteroatoms. The molecule has 0 spiro atoms. The molecule has 0 saturated heterocycles. The monoisotopic (exact) mass is 731 g/mol. The molecule has 2 atom stereocenters. The highest BCUT2D eigenvalue weighted by atomic mass is 16.5. The Morgan fingerprint density at radius 2 is 1.05 bits per heavy atom. The first kappa shape index (κ1) is 33.0. The third-order valence-corrected chi connectivity index (χ3v) is 11.5. The summed E-state index contributed by atoms with van der Waals surface area (Å²) in [4.78, 5) is 2.36. The van der Waals surface area contributed by atoms with E-state index in [9.17, 15) is 0 Å². The first-order valence-electron chi connectivity index (χ1n) is 19.6. The van der Waals surface area contributed by atoms with Gasteiger partial charge in [0.05, 0.1) is 0 Å². The summed E-state index contributed by atoms with van der Waals surface area (Å²) in [7, 11) is 0. The number of furan rings is 1. The zero-order chi connectivity index (χ0) is 37.7. The number of nitrogens with zero attached hydrogens (tertiary/aromatic N) is 1. The summed E-state index contributed by atoms with van der Waals surface area (Å²) in [5.41, 5.74) is 15.6. The largest absolute Gasteiger partial charge is 0.484 e. The Morgan fingerprint density at radius 1 is 0.439 bits per heavy atom. The molecule has 11 rings (SSSR count). The van der Waals surface area contributed by atoms with E-state index in [1.54, 1.807) is 0 Å². The molecular formula is C54H37NO2. The van der Waals surface area contributed by atoms with Gasteiger partial charge >= 0.3 is 0 Å². The molecule has 0 bridgehead atoms. The van der Waals surface area contributed by atoms with E-state index in [2.05, 4.69) is 199 Å². The standard InChI is InChI=1S/C54H37NO2/c1-2-12-36(13-3-1)37-26-28-38(29-27-37)39-30-32-42(33-31-39)55(43-16-8-14-40(34-43)45-20-10-22-49-47-18-4-6-24-51(47)56-53(45)49)44-17-9-15-41(35-44)46-21-11-23-50-48-19-5-7-25-52(48)57-54(46)50/h1-35,45,53H. The van der Waals surface area contributed by atoms with Crippen molar-refractivity contribution in [2.45, 2.75) is 12.0 Å². The Balaban J connectivity index is 0.997. The predicted molar refractivity (Wildman–Crippen MR) is 235 cm³/mol. The van der Waals surface area contributed by atoms with Gasteiger partial charge in [0, 0.05) is 50.5 Å². The highest BCUT2D eigenvalue weighted by Gasteiger charge is 2.36. The van der Waals surface area contributed by atoms with E-state index in [1.165, 1.54) is 39.0 Å². The fourth-order valence-corrected chi connectivity index (χ4v) is 8.67. The van der Waals surface area contributed by atoms with Crippen LogP contribution < -0.4 is 9.64 Å². The molecule has 1 aliphatic heterocycles. The Bertz CT molecular complexity index is 2990. The Kier molecular flexibility index (Phi) is 7.96. The highest BCUT2D eigenvalue weighted by Crippen LogP contribution is 2.47. The third-order valence-electron chi connectivity index (χ3n) is 11.5. The van der Waals surface area contributed by atoms with Crippen molar-refractivity contribution in [3.63, 3.8) is 0 Å². The fraction of sp³-hybridized carbons (Fsp3) is 0.0370. The average molecular weight is 732 g/mol. The van der Waals surface area contributed by atoms with Crippen LogP contribution in [0.25, 0.3) is 60.9 Å². The third kappa shape index (κ3) is 5.84. The fourth-order valence-electron chi connectivity index (χ4n) is 8.67. The minimum absolute atomic E-state index is 0.0671. The minimum atomic E-state index is -0.0729. The van der Waals surface area contributed by atoms with Crippen LogP contribution in [0, 0.1) is 0 Å². The van der Waals surface area contributed by atoms with Crippen molar-refractivity contribution < 1.29 is 9.15 Å². The summed E-state index contributed by atoms with van der Waals surface area (Å²) in [5, 5.41) is 2.25. The van der Waals surface area contributed by atoms with Gasteiger partial charge in [-0.25, -0.2) is 0 Å². The lowest BCUT2D eigenvalue weighted by atomic mass is 9.84. The number of hydrogen-bond donors (Lipinski definition) is 0. The van der Waals surface area contributed by atoms with Gasteiger partial charge in [0.1, 0.15) is 23.0 Å². The van der Waals surface area contributed by atoms with Gasteiger partial charge in [-0.1, -0.05) is 164 Å². The van der Waals surface area contributed by atoms with Gasteiger partial charge in [0.15, 0.2) is 0 Å². The maximum atomic E-state index is 6.61. The van der Waals surface area contributed by atoms with Crippen molar-refractivity contribution in [3.05, 3.63) is 223 Å². The summed E-state index contributed by atoms with van der Waals surface area (Å²) in [5.74, 6) is 1.02. The Morgan fingerprint density at radius 3 is 1.88 bits per heavy atom. The molecule has 2 aliphatic rings.